The van der Waals surface area contributed by atoms with Gasteiger partial charge in [0.25, 0.3) is 5.56 Å². The Morgan fingerprint density at radius 3 is 2.94 bits per heavy atom. The van der Waals surface area contributed by atoms with Crippen molar-refractivity contribution >= 4 is 5.82 Å². The van der Waals surface area contributed by atoms with E-state index in [0.717, 1.165) is 31.7 Å². The predicted octanol–water partition coefficient (Wildman–Crippen LogP) is -0.286. The molecular formula is C11H18N4O2. The van der Waals surface area contributed by atoms with Gasteiger partial charge in [-0.2, -0.15) is 0 Å². The van der Waals surface area contributed by atoms with Crippen LogP contribution in [0.3, 0.4) is 0 Å². The van der Waals surface area contributed by atoms with Gasteiger partial charge in [0.2, 0.25) is 0 Å². The molecule has 0 radical (unpaired) electrons. The summed E-state index contributed by atoms with van der Waals surface area (Å²) in [5.74, 6) is 0.742. The largest absolute Gasteiger partial charge is 0.377 e. The maximum absolute atomic E-state index is 11.2. The van der Waals surface area contributed by atoms with Crippen molar-refractivity contribution in [3.63, 3.8) is 0 Å². The summed E-state index contributed by atoms with van der Waals surface area (Å²) in [6, 6.07) is 1.53. The predicted molar refractivity (Wildman–Crippen MR) is 65.1 cm³/mol. The quantitative estimate of drug-likeness (QED) is 0.753. The summed E-state index contributed by atoms with van der Waals surface area (Å²) in [4.78, 5) is 20.0. The number of aromatic amines is 1. The second-order valence-corrected chi connectivity index (χ2v) is 4.12. The molecule has 1 aromatic rings. The molecule has 3 N–H and O–H groups in total. The zero-order valence-corrected chi connectivity index (χ0v) is 9.76. The lowest BCUT2D eigenvalue weighted by molar-refractivity contribution is 0.0421. The summed E-state index contributed by atoms with van der Waals surface area (Å²) in [5, 5.41) is 0. The van der Waals surface area contributed by atoms with Gasteiger partial charge in [0.1, 0.15) is 5.82 Å². The minimum atomic E-state index is -0.114. The maximum Gasteiger partial charge on any atom is 0.252 e. The van der Waals surface area contributed by atoms with Crippen molar-refractivity contribution < 1.29 is 4.74 Å². The molecule has 0 amide bonds. The molecule has 6 heteroatoms. The lowest BCUT2D eigenvalue weighted by atomic mass is 10.1. The molecule has 1 saturated heterocycles. The van der Waals surface area contributed by atoms with E-state index in [1.54, 1.807) is 0 Å². The van der Waals surface area contributed by atoms with Crippen LogP contribution in [0.2, 0.25) is 0 Å². The van der Waals surface area contributed by atoms with Crippen LogP contribution in [0, 0.1) is 0 Å². The lowest BCUT2D eigenvalue weighted by Crippen LogP contribution is -2.38. The Morgan fingerprint density at radius 2 is 2.29 bits per heavy atom. The standard InChI is InChI=1S/C11H18N4O2/c12-3-6-17-9-1-4-15(5-2-9)10-7-11(16)14-8-13-10/h7-9H,1-6,12H2,(H,13,14,16). The molecule has 0 aromatic carbocycles. The number of nitrogens with zero attached hydrogens (tertiary/aromatic N) is 2. The Morgan fingerprint density at radius 1 is 1.53 bits per heavy atom. The fourth-order valence-corrected chi connectivity index (χ4v) is 2.02. The third-order valence-corrected chi connectivity index (χ3v) is 2.90. The summed E-state index contributed by atoms with van der Waals surface area (Å²) in [6.45, 7) is 2.92. The average Bonchev–Trinajstić information content (AvgIpc) is 2.37. The highest BCUT2D eigenvalue weighted by molar-refractivity contribution is 5.36. The Kier molecular flexibility index (Phi) is 4.11. The fraction of sp³-hybridized carbons (Fsp3) is 0.636. The van der Waals surface area contributed by atoms with E-state index >= 15 is 0 Å². The summed E-state index contributed by atoms with van der Waals surface area (Å²) < 4.78 is 5.60. The number of H-pyrrole nitrogens is 1. The van der Waals surface area contributed by atoms with Crippen LogP contribution in [0.1, 0.15) is 12.8 Å². The lowest BCUT2D eigenvalue weighted by Gasteiger charge is -2.32. The van der Waals surface area contributed by atoms with Crippen molar-refractivity contribution in [3.05, 3.63) is 22.7 Å². The van der Waals surface area contributed by atoms with Crippen molar-refractivity contribution in [2.75, 3.05) is 31.1 Å². The third kappa shape index (κ3) is 3.28. The molecular weight excluding hydrogens is 220 g/mol. The van der Waals surface area contributed by atoms with E-state index in [1.807, 2.05) is 0 Å². The average molecular weight is 238 g/mol. The topological polar surface area (TPSA) is 84.2 Å². The van der Waals surface area contributed by atoms with E-state index in [0.29, 0.717) is 13.2 Å². The molecule has 0 unspecified atom stereocenters. The van der Waals surface area contributed by atoms with E-state index in [2.05, 4.69) is 14.9 Å². The van der Waals surface area contributed by atoms with Crippen molar-refractivity contribution in [2.24, 2.45) is 5.73 Å². The molecule has 0 atom stereocenters. The molecule has 0 aliphatic carbocycles. The van der Waals surface area contributed by atoms with Crippen LogP contribution in [0.4, 0.5) is 5.82 Å². The number of piperidine rings is 1. The molecule has 1 fully saturated rings. The molecule has 2 heterocycles. The molecule has 1 aliphatic rings. The first-order valence-corrected chi connectivity index (χ1v) is 5.91. The van der Waals surface area contributed by atoms with Gasteiger partial charge in [-0.3, -0.25) is 4.79 Å². The van der Waals surface area contributed by atoms with Gasteiger partial charge in [0.15, 0.2) is 0 Å². The second-order valence-electron chi connectivity index (χ2n) is 4.12. The number of hydrogen-bond acceptors (Lipinski definition) is 5. The van der Waals surface area contributed by atoms with Crippen molar-refractivity contribution in [2.45, 2.75) is 18.9 Å². The first kappa shape index (κ1) is 12.1. The number of nitrogens with one attached hydrogen (secondary N) is 1. The highest BCUT2D eigenvalue weighted by atomic mass is 16.5. The number of ether oxygens (including phenoxy) is 1. The molecule has 6 nitrogen and oxygen atoms in total. The maximum atomic E-state index is 11.2. The Bertz CT molecular complexity index is 398. The van der Waals surface area contributed by atoms with Crippen LogP contribution < -0.4 is 16.2 Å². The summed E-state index contributed by atoms with van der Waals surface area (Å²) in [7, 11) is 0. The number of aromatic nitrogens is 2. The highest BCUT2D eigenvalue weighted by Crippen LogP contribution is 2.17. The second kappa shape index (κ2) is 5.79. The van der Waals surface area contributed by atoms with Crippen LogP contribution >= 0.6 is 0 Å². The Labute approximate surface area is 99.8 Å². The van der Waals surface area contributed by atoms with Crippen molar-refractivity contribution in [1.29, 1.82) is 0 Å². The molecule has 0 saturated carbocycles. The number of rotatable bonds is 4. The van der Waals surface area contributed by atoms with Gasteiger partial charge in [-0.25, -0.2) is 4.98 Å². The molecule has 0 spiro atoms. The van der Waals surface area contributed by atoms with Crippen LogP contribution in [0.5, 0.6) is 0 Å². The third-order valence-electron chi connectivity index (χ3n) is 2.90. The monoisotopic (exact) mass is 238 g/mol. The highest BCUT2D eigenvalue weighted by Gasteiger charge is 2.20. The van der Waals surface area contributed by atoms with Crippen LogP contribution in [-0.4, -0.2) is 42.3 Å². The number of hydrogen-bond donors (Lipinski definition) is 2. The minimum absolute atomic E-state index is 0.114. The van der Waals surface area contributed by atoms with Gasteiger partial charge in [-0.1, -0.05) is 0 Å². The van der Waals surface area contributed by atoms with Gasteiger partial charge in [0.05, 0.1) is 19.0 Å². The summed E-state index contributed by atoms with van der Waals surface area (Å²) >= 11 is 0. The van der Waals surface area contributed by atoms with Crippen molar-refractivity contribution in [3.8, 4) is 0 Å². The first-order valence-electron chi connectivity index (χ1n) is 5.91. The van der Waals surface area contributed by atoms with Crippen LogP contribution in [0.15, 0.2) is 17.2 Å². The Hall–Kier alpha value is -1.40. The number of anilines is 1. The van der Waals surface area contributed by atoms with E-state index in [-0.39, 0.29) is 11.7 Å². The van der Waals surface area contributed by atoms with E-state index < -0.39 is 0 Å². The molecule has 2 rings (SSSR count). The smallest absolute Gasteiger partial charge is 0.252 e. The number of nitrogens with two attached hydrogens (primary N) is 1. The molecule has 1 aromatic heterocycles. The van der Waals surface area contributed by atoms with Crippen molar-refractivity contribution in [1.82, 2.24) is 9.97 Å². The molecule has 1 aliphatic heterocycles. The van der Waals surface area contributed by atoms with Crippen LogP contribution in [0.25, 0.3) is 0 Å². The molecule has 94 valence electrons. The summed E-state index contributed by atoms with van der Waals surface area (Å²) in [6.07, 6.45) is 3.63. The summed E-state index contributed by atoms with van der Waals surface area (Å²) in [5.41, 5.74) is 5.28. The van der Waals surface area contributed by atoms with Gasteiger partial charge in [-0.05, 0) is 12.8 Å². The van der Waals surface area contributed by atoms with Gasteiger partial charge >= 0.3 is 0 Å². The normalized spacial score (nSPS) is 17.4. The fourth-order valence-electron chi connectivity index (χ4n) is 2.02. The van der Waals surface area contributed by atoms with Gasteiger partial charge in [0, 0.05) is 25.7 Å². The van der Waals surface area contributed by atoms with E-state index in [1.165, 1.54) is 12.4 Å². The minimum Gasteiger partial charge on any atom is -0.377 e. The van der Waals surface area contributed by atoms with Crippen LogP contribution in [-0.2, 0) is 4.74 Å². The van der Waals surface area contributed by atoms with Gasteiger partial charge in [-0.15, -0.1) is 0 Å². The van der Waals surface area contributed by atoms with E-state index in [4.69, 9.17) is 10.5 Å². The SMILES string of the molecule is NCCOC1CCN(c2cc(=O)[nH]cn2)CC1. The first-order chi connectivity index (χ1) is 8.29. The molecule has 0 bridgehead atoms. The Balaban J connectivity index is 1.88. The zero-order valence-electron chi connectivity index (χ0n) is 9.76. The van der Waals surface area contributed by atoms with Gasteiger partial charge < -0.3 is 20.4 Å². The molecule has 17 heavy (non-hydrogen) atoms. The van der Waals surface area contributed by atoms with E-state index in [9.17, 15) is 4.79 Å². The zero-order chi connectivity index (χ0) is 12.1.